The number of rotatable bonds is 4. The number of ether oxygens (including phenoxy) is 1. The largest absolute Gasteiger partial charge is 0.384 e. The maximum atomic E-state index is 10.2. The van der Waals surface area contributed by atoms with Gasteiger partial charge in [-0.05, 0) is 0 Å². The molecule has 5 heteroatoms. The molecular weight excluding hydrogens is 256 g/mol. The van der Waals surface area contributed by atoms with Gasteiger partial charge in [-0.25, -0.2) is 0 Å². The van der Waals surface area contributed by atoms with Crippen LogP contribution in [0.25, 0.3) is 11.3 Å². The summed E-state index contributed by atoms with van der Waals surface area (Å²) in [5.74, 6) is 0.510. The van der Waals surface area contributed by atoms with Gasteiger partial charge in [-0.1, -0.05) is 35.5 Å². The molecule has 1 aromatic heterocycles. The molecule has 1 aliphatic rings. The van der Waals surface area contributed by atoms with Gasteiger partial charge in [0.1, 0.15) is 11.8 Å². The van der Waals surface area contributed by atoms with E-state index in [2.05, 4.69) is 10.1 Å². The number of β-amino-alcohol motifs (C(OH)–C–C–N with tert-alkyl or cyclic N) is 1. The highest BCUT2D eigenvalue weighted by atomic mass is 16.5. The zero-order valence-corrected chi connectivity index (χ0v) is 11.2. The number of aromatic nitrogens is 1. The van der Waals surface area contributed by atoms with Gasteiger partial charge in [0.2, 0.25) is 0 Å². The van der Waals surface area contributed by atoms with Crippen LogP contribution >= 0.6 is 0 Å². The molecule has 5 nitrogen and oxygen atoms in total. The first-order valence-corrected chi connectivity index (χ1v) is 6.83. The molecule has 1 saturated heterocycles. The Bertz CT molecular complexity index is 535. The number of benzene rings is 1. The topological polar surface area (TPSA) is 58.7 Å². The summed E-state index contributed by atoms with van der Waals surface area (Å²) < 4.78 is 10.6. The molecule has 0 spiro atoms. The molecule has 2 heterocycles. The van der Waals surface area contributed by atoms with Crippen molar-refractivity contribution in [2.75, 3.05) is 32.8 Å². The van der Waals surface area contributed by atoms with Crippen molar-refractivity contribution in [3.05, 3.63) is 42.2 Å². The van der Waals surface area contributed by atoms with Crippen molar-refractivity contribution in [2.45, 2.75) is 6.10 Å². The minimum atomic E-state index is -0.655. The molecule has 3 rings (SSSR count). The van der Waals surface area contributed by atoms with E-state index in [1.54, 1.807) is 6.07 Å². The molecule has 0 saturated carbocycles. The maximum absolute atomic E-state index is 10.2. The van der Waals surface area contributed by atoms with Crippen LogP contribution in [-0.2, 0) is 4.74 Å². The highest BCUT2D eigenvalue weighted by Crippen LogP contribution is 2.23. The minimum absolute atomic E-state index is 0.510. The van der Waals surface area contributed by atoms with E-state index in [4.69, 9.17) is 9.26 Å². The number of aliphatic hydroxyl groups is 1. The zero-order valence-electron chi connectivity index (χ0n) is 11.2. The second kappa shape index (κ2) is 6.17. The molecule has 0 amide bonds. The normalized spacial score (nSPS) is 18.1. The van der Waals surface area contributed by atoms with Crippen LogP contribution < -0.4 is 0 Å². The third-order valence-corrected chi connectivity index (χ3v) is 3.46. The molecule has 0 bridgehead atoms. The van der Waals surface area contributed by atoms with Crippen LogP contribution in [0.4, 0.5) is 0 Å². The molecule has 0 aliphatic carbocycles. The van der Waals surface area contributed by atoms with Crippen LogP contribution in [0.5, 0.6) is 0 Å². The predicted octanol–water partition coefficient (Wildman–Crippen LogP) is 1.71. The summed E-state index contributed by atoms with van der Waals surface area (Å²) in [6.45, 7) is 3.68. The Hall–Kier alpha value is -1.69. The van der Waals surface area contributed by atoms with E-state index in [0.29, 0.717) is 12.3 Å². The van der Waals surface area contributed by atoms with Gasteiger partial charge in [0.25, 0.3) is 0 Å². The summed E-state index contributed by atoms with van der Waals surface area (Å²) in [5, 5.41) is 14.2. The summed E-state index contributed by atoms with van der Waals surface area (Å²) in [4.78, 5) is 2.17. The third kappa shape index (κ3) is 3.07. The van der Waals surface area contributed by atoms with E-state index >= 15 is 0 Å². The fourth-order valence-electron chi connectivity index (χ4n) is 2.31. The molecule has 1 fully saturated rings. The van der Waals surface area contributed by atoms with Crippen LogP contribution in [0.2, 0.25) is 0 Å². The van der Waals surface area contributed by atoms with Crippen LogP contribution in [-0.4, -0.2) is 48.0 Å². The second-order valence-corrected chi connectivity index (χ2v) is 4.91. The van der Waals surface area contributed by atoms with Crippen molar-refractivity contribution >= 4 is 0 Å². The average Bonchev–Trinajstić information content (AvgIpc) is 2.99. The fourth-order valence-corrected chi connectivity index (χ4v) is 2.31. The van der Waals surface area contributed by atoms with E-state index in [1.165, 1.54) is 0 Å². The molecule has 1 aliphatic heterocycles. The molecule has 2 aromatic rings. The molecule has 20 heavy (non-hydrogen) atoms. The molecule has 1 aromatic carbocycles. The van der Waals surface area contributed by atoms with Crippen molar-refractivity contribution in [2.24, 2.45) is 0 Å². The first kappa shape index (κ1) is 13.3. The highest BCUT2D eigenvalue weighted by Gasteiger charge is 2.20. The highest BCUT2D eigenvalue weighted by molar-refractivity contribution is 5.58. The molecule has 0 radical (unpaired) electrons. The first-order valence-electron chi connectivity index (χ1n) is 6.83. The Morgan fingerprint density at radius 2 is 1.95 bits per heavy atom. The van der Waals surface area contributed by atoms with Gasteiger partial charge >= 0.3 is 0 Å². The van der Waals surface area contributed by atoms with Crippen LogP contribution in [0.15, 0.2) is 40.9 Å². The van der Waals surface area contributed by atoms with E-state index in [-0.39, 0.29) is 0 Å². The van der Waals surface area contributed by atoms with Crippen LogP contribution in [0.3, 0.4) is 0 Å². The van der Waals surface area contributed by atoms with Gasteiger partial charge in [0.05, 0.1) is 13.2 Å². The Morgan fingerprint density at radius 3 is 2.70 bits per heavy atom. The van der Waals surface area contributed by atoms with Crippen molar-refractivity contribution in [1.29, 1.82) is 0 Å². The van der Waals surface area contributed by atoms with Crippen LogP contribution in [0, 0.1) is 0 Å². The first-order chi connectivity index (χ1) is 9.83. The van der Waals surface area contributed by atoms with Crippen molar-refractivity contribution < 1.29 is 14.4 Å². The monoisotopic (exact) mass is 274 g/mol. The van der Waals surface area contributed by atoms with Crippen molar-refractivity contribution in [3.8, 4) is 11.3 Å². The van der Waals surface area contributed by atoms with Gasteiger partial charge in [-0.2, -0.15) is 0 Å². The van der Waals surface area contributed by atoms with Gasteiger partial charge in [0, 0.05) is 31.3 Å². The molecule has 1 N–H and O–H groups in total. The number of morpholine rings is 1. The lowest BCUT2D eigenvalue weighted by molar-refractivity contribution is 0.00892. The summed E-state index contributed by atoms with van der Waals surface area (Å²) in [7, 11) is 0. The summed E-state index contributed by atoms with van der Waals surface area (Å²) in [6, 6.07) is 11.6. The van der Waals surface area contributed by atoms with Gasteiger partial charge in [0.15, 0.2) is 5.76 Å². The van der Waals surface area contributed by atoms with Gasteiger partial charge in [-0.3, -0.25) is 4.90 Å². The number of aliphatic hydroxyl groups excluding tert-OH is 1. The average molecular weight is 274 g/mol. The fraction of sp³-hybridized carbons (Fsp3) is 0.400. The van der Waals surface area contributed by atoms with Crippen LogP contribution in [0.1, 0.15) is 11.9 Å². The van der Waals surface area contributed by atoms with E-state index in [9.17, 15) is 5.11 Å². The molecular formula is C15H18N2O3. The van der Waals surface area contributed by atoms with Gasteiger partial charge in [-0.15, -0.1) is 0 Å². The summed E-state index contributed by atoms with van der Waals surface area (Å²) in [5.41, 5.74) is 1.74. The molecule has 106 valence electrons. The van der Waals surface area contributed by atoms with E-state index < -0.39 is 6.10 Å². The number of nitrogens with zero attached hydrogens (tertiary/aromatic N) is 2. The second-order valence-electron chi connectivity index (χ2n) is 4.91. The maximum Gasteiger partial charge on any atom is 0.167 e. The lowest BCUT2D eigenvalue weighted by atomic mass is 10.1. The lowest BCUT2D eigenvalue weighted by Crippen LogP contribution is -2.38. The number of hydrogen-bond donors (Lipinski definition) is 1. The Balaban J connectivity index is 1.66. The van der Waals surface area contributed by atoms with Crippen molar-refractivity contribution in [1.82, 2.24) is 10.1 Å². The van der Waals surface area contributed by atoms with E-state index in [1.807, 2.05) is 30.3 Å². The third-order valence-electron chi connectivity index (χ3n) is 3.46. The zero-order chi connectivity index (χ0) is 13.8. The van der Waals surface area contributed by atoms with Gasteiger partial charge < -0.3 is 14.4 Å². The Labute approximate surface area is 117 Å². The summed E-state index contributed by atoms with van der Waals surface area (Å²) in [6.07, 6.45) is -0.655. The minimum Gasteiger partial charge on any atom is -0.384 e. The van der Waals surface area contributed by atoms with E-state index in [0.717, 1.165) is 37.6 Å². The SMILES string of the molecule is OC(CN1CCOCC1)c1cc(-c2ccccc2)no1. The molecule has 1 unspecified atom stereocenters. The smallest absolute Gasteiger partial charge is 0.167 e. The lowest BCUT2D eigenvalue weighted by Gasteiger charge is -2.27. The Morgan fingerprint density at radius 1 is 1.20 bits per heavy atom. The summed E-state index contributed by atoms with van der Waals surface area (Å²) >= 11 is 0. The molecule has 1 atom stereocenters. The standard InChI is InChI=1S/C15H18N2O3/c18-14(11-17-6-8-19-9-7-17)15-10-13(16-20-15)12-4-2-1-3-5-12/h1-5,10,14,18H,6-9,11H2. The Kier molecular flexibility index (Phi) is 4.11. The van der Waals surface area contributed by atoms with Crippen molar-refractivity contribution in [3.63, 3.8) is 0 Å². The number of hydrogen-bond acceptors (Lipinski definition) is 5. The quantitative estimate of drug-likeness (QED) is 0.919. The predicted molar refractivity (Wildman–Crippen MR) is 74.2 cm³/mol.